The van der Waals surface area contributed by atoms with Crippen molar-refractivity contribution in [3.05, 3.63) is 28.9 Å². The molecule has 0 bridgehead atoms. The second kappa shape index (κ2) is 3.93. The summed E-state index contributed by atoms with van der Waals surface area (Å²) < 4.78 is 1.37. The van der Waals surface area contributed by atoms with E-state index in [-0.39, 0.29) is 0 Å². The first-order chi connectivity index (χ1) is 7.09. The molecule has 0 aliphatic heterocycles. The van der Waals surface area contributed by atoms with Crippen LogP contribution in [0.3, 0.4) is 0 Å². The number of hydrogen-bond acceptors (Lipinski definition) is 2. The van der Waals surface area contributed by atoms with Gasteiger partial charge in [-0.1, -0.05) is 27.7 Å². The van der Waals surface area contributed by atoms with Crippen LogP contribution in [0.4, 0.5) is 0 Å². The Labute approximate surface area is 95.2 Å². The van der Waals surface area contributed by atoms with Crippen LogP contribution in [-0.2, 0) is 0 Å². The highest BCUT2D eigenvalue weighted by molar-refractivity contribution is 7.17. The predicted octanol–water partition coefficient (Wildman–Crippen LogP) is 4.54. The maximum atomic E-state index is 4.78. The number of aromatic nitrogens is 1. The third-order valence-electron chi connectivity index (χ3n) is 2.64. The lowest BCUT2D eigenvalue weighted by Crippen LogP contribution is -1.99. The number of thiophene rings is 1. The predicted molar refractivity (Wildman–Crippen MR) is 67.8 cm³/mol. The minimum atomic E-state index is 0.501. The van der Waals surface area contributed by atoms with Gasteiger partial charge in [-0.3, -0.25) is 4.98 Å². The van der Waals surface area contributed by atoms with Crippen LogP contribution in [0.5, 0.6) is 0 Å². The van der Waals surface area contributed by atoms with Gasteiger partial charge in [-0.2, -0.15) is 0 Å². The average molecular weight is 219 g/mol. The monoisotopic (exact) mass is 219 g/mol. The zero-order valence-corrected chi connectivity index (χ0v) is 10.6. The standard InChI is InChI=1S/C13H17NS/c1-8(2)11-7-12-10(5-6-15-12)13(14-11)9(3)4/h5-9H,1-4H3. The number of nitrogens with zero attached hydrogens (tertiary/aromatic N) is 1. The van der Waals surface area contributed by atoms with Crippen LogP contribution in [0, 0.1) is 0 Å². The maximum absolute atomic E-state index is 4.78. The molecule has 2 heterocycles. The molecular weight excluding hydrogens is 202 g/mol. The van der Waals surface area contributed by atoms with Gasteiger partial charge in [0.25, 0.3) is 0 Å². The Morgan fingerprint density at radius 1 is 1.13 bits per heavy atom. The van der Waals surface area contributed by atoms with Gasteiger partial charge < -0.3 is 0 Å². The molecule has 0 amide bonds. The van der Waals surface area contributed by atoms with Crippen LogP contribution in [-0.4, -0.2) is 4.98 Å². The van der Waals surface area contributed by atoms with Crippen molar-refractivity contribution in [3.63, 3.8) is 0 Å². The Balaban J connectivity index is 2.69. The summed E-state index contributed by atoms with van der Waals surface area (Å²) in [6.07, 6.45) is 0. The second-order valence-corrected chi connectivity index (χ2v) is 5.52. The SMILES string of the molecule is CC(C)c1cc2sccc2c(C(C)C)n1. The summed E-state index contributed by atoms with van der Waals surface area (Å²) >= 11 is 1.81. The Morgan fingerprint density at radius 2 is 1.87 bits per heavy atom. The van der Waals surface area contributed by atoms with E-state index in [0.29, 0.717) is 11.8 Å². The molecule has 1 nitrogen and oxygen atoms in total. The van der Waals surface area contributed by atoms with Crippen LogP contribution in [0.15, 0.2) is 17.5 Å². The topological polar surface area (TPSA) is 12.9 Å². The minimum absolute atomic E-state index is 0.501. The third kappa shape index (κ3) is 1.91. The van der Waals surface area contributed by atoms with Crippen molar-refractivity contribution in [3.8, 4) is 0 Å². The zero-order valence-electron chi connectivity index (χ0n) is 9.74. The van der Waals surface area contributed by atoms with E-state index >= 15 is 0 Å². The highest BCUT2D eigenvalue weighted by atomic mass is 32.1. The van der Waals surface area contributed by atoms with Gasteiger partial charge in [0, 0.05) is 15.8 Å². The van der Waals surface area contributed by atoms with Gasteiger partial charge >= 0.3 is 0 Å². The van der Waals surface area contributed by atoms with Crippen molar-refractivity contribution >= 4 is 21.4 Å². The average Bonchev–Trinajstić information content (AvgIpc) is 2.62. The van der Waals surface area contributed by atoms with Crippen molar-refractivity contribution in [1.82, 2.24) is 4.98 Å². The first-order valence-corrected chi connectivity index (χ1v) is 6.35. The molecule has 0 saturated heterocycles. The van der Waals surface area contributed by atoms with E-state index in [1.54, 1.807) is 0 Å². The molecule has 2 aromatic heterocycles. The summed E-state index contributed by atoms with van der Waals surface area (Å²) in [6, 6.07) is 4.42. The van der Waals surface area contributed by atoms with E-state index in [4.69, 9.17) is 4.98 Å². The normalized spacial score (nSPS) is 11.9. The fourth-order valence-corrected chi connectivity index (χ4v) is 2.59. The molecule has 2 rings (SSSR count). The van der Waals surface area contributed by atoms with Gasteiger partial charge in [-0.05, 0) is 29.3 Å². The molecular formula is C13H17NS. The van der Waals surface area contributed by atoms with E-state index < -0.39 is 0 Å². The molecule has 0 N–H and O–H groups in total. The number of rotatable bonds is 2. The summed E-state index contributed by atoms with van der Waals surface area (Å²) in [4.78, 5) is 4.78. The van der Waals surface area contributed by atoms with Crippen LogP contribution < -0.4 is 0 Å². The molecule has 80 valence electrons. The van der Waals surface area contributed by atoms with E-state index in [1.807, 2.05) is 11.3 Å². The van der Waals surface area contributed by atoms with Crippen molar-refractivity contribution in [2.75, 3.05) is 0 Å². The smallest absolute Gasteiger partial charge is 0.0519 e. The van der Waals surface area contributed by atoms with Gasteiger partial charge in [0.2, 0.25) is 0 Å². The van der Waals surface area contributed by atoms with Gasteiger partial charge in [0.15, 0.2) is 0 Å². The lowest BCUT2D eigenvalue weighted by Gasteiger charge is -2.11. The molecule has 0 unspecified atom stereocenters. The molecule has 2 heteroatoms. The molecule has 0 aromatic carbocycles. The zero-order chi connectivity index (χ0) is 11.0. The second-order valence-electron chi connectivity index (χ2n) is 4.57. The van der Waals surface area contributed by atoms with Gasteiger partial charge in [-0.15, -0.1) is 11.3 Å². The highest BCUT2D eigenvalue weighted by Crippen LogP contribution is 2.30. The first-order valence-electron chi connectivity index (χ1n) is 5.47. The third-order valence-corrected chi connectivity index (χ3v) is 3.50. The fourth-order valence-electron chi connectivity index (χ4n) is 1.75. The minimum Gasteiger partial charge on any atom is -0.257 e. The van der Waals surface area contributed by atoms with Crippen LogP contribution in [0.25, 0.3) is 10.1 Å². The molecule has 0 radical (unpaired) electrons. The van der Waals surface area contributed by atoms with Crippen LogP contribution in [0.1, 0.15) is 50.9 Å². The summed E-state index contributed by atoms with van der Waals surface area (Å²) in [6.45, 7) is 8.82. The Hall–Kier alpha value is -0.890. The van der Waals surface area contributed by atoms with Crippen molar-refractivity contribution in [1.29, 1.82) is 0 Å². The summed E-state index contributed by atoms with van der Waals surface area (Å²) in [7, 11) is 0. The van der Waals surface area contributed by atoms with Gasteiger partial charge in [-0.25, -0.2) is 0 Å². The molecule has 0 saturated carbocycles. The Kier molecular flexibility index (Phi) is 2.79. The fraction of sp³-hybridized carbons (Fsp3) is 0.462. The quantitative estimate of drug-likeness (QED) is 0.722. The van der Waals surface area contributed by atoms with E-state index in [2.05, 4.69) is 45.2 Å². The van der Waals surface area contributed by atoms with Crippen LogP contribution in [0.2, 0.25) is 0 Å². The molecule has 0 aliphatic rings. The lowest BCUT2D eigenvalue weighted by molar-refractivity contribution is 0.775. The Morgan fingerprint density at radius 3 is 2.47 bits per heavy atom. The van der Waals surface area contributed by atoms with E-state index in [1.165, 1.54) is 21.5 Å². The number of hydrogen-bond donors (Lipinski definition) is 0. The van der Waals surface area contributed by atoms with Gasteiger partial charge in [0.05, 0.1) is 5.69 Å². The highest BCUT2D eigenvalue weighted by Gasteiger charge is 2.11. The summed E-state index contributed by atoms with van der Waals surface area (Å²) in [5.41, 5.74) is 2.46. The van der Waals surface area contributed by atoms with Crippen molar-refractivity contribution in [2.45, 2.75) is 39.5 Å². The van der Waals surface area contributed by atoms with E-state index in [9.17, 15) is 0 Å². The maximum Gasteiger partial charge on any atom is 0.0519 e. The van der Waals surface area contributed by atoms with E-state index in [0.717, 1.165) is 0 Å². The van der Waals surface area contributed by atoms with Crippen LogP contribution >= 0.6 is 11.3 Å². The number of fused-ring (bicyclic) bond motifs is 1. The Bertz CT molecular complexity index is 468. The van der Waals surface area contributed by atoms with Crippen molar-refractivity contribution in [2.24, 2.45) is 0 Å². The molecule has 0 aliphatic carbocycles. The molecule has 0 spiro atoms. The van der Waals surface area contributed by atoms with Gasteiger partial charge in [0.1, 0.15) is 0 Å². The molecule has 0 fully saturated rings. The summed E-state index contributed by atoms with van der Waals surface area (Å²) in [5, 5.41) is 3.49. The molecule has 15 heavy (non-hydrogen) atoms. The number of pyridine rings is 1. The summed E-state index contributed by atoms with van der Waals surface area (Å²) in [5.74, 6) is 1.01. The lowest BCUT2D eigenvalue weighted by atomic mass is 10.0. The largest absolute Gasteiger partial charge is 0.257 e. The molecule has 2 aromatic rings. The molecule has 0 atom stereocenters. The first kappa shape index (κ1) is 10.6. The van der Waals surface area contributed by atoms with Crippen molar-refractivity contribution < 1.29 is 0 Å².